The Bertz CT molecular complexity index is 396. The molecular weight excluding hydrogens is 268 g/mol. The molecular formula is C12H15BrN2O. The van der Waals surface area contributed by atoms with Crippen LogP contribution in [0.25, 0.3) is 0 Å². The van der Waals surface area contributed by atoms with Gasteiger partial charge in [0, 0.05) is 17.3 Å². The van der Waals surface area contributed by atoms with Gasteiger partial charge in [-0.3, -0.25) is 4.79 Å². The van der Waals surface area contributed by atoms with Gasteiger partial charge in [-0.2, -0.15) is 0 Å². The minimum absolute atomic E-state index is 0.00431. The van der Waals surface area contributed by atoms with E-state index in [2.05, 4.69) is 33.2 Å². The summed E-state index contributed by atoms with van der Waals surface area (Å²) < 4.78 is 0.694. The third kappa shape index (κ3) is 2.26. The van der Waals surface area contributed by atoms with Gasteiger partial charge in [-0.25, -0.2) is 4.98 Å². The summed E-state index contributed by atoms with van der Waals surface area (Å²) in [5, 5.41) is 3.14. The number of aromatic nitrogens is 1. The molecule has 0 aliphatic heterocycles. The van der Waals surface area contributed by atoms with Crippen molar-refractivity contribution in [1.82, 2.24) is 10.3 Å². The van der Waals surface area contributed by atoms with Crippen LogP contribution in [0.4, 0.5) is 0 Å². The highest BCUT2D eigenvalue weighted by molar-refractivity contribution is 9.10. The van der Waals surface area contributed by atoms with Crippen LogP contribution >= 0.6 is 15.9 Å². The van der Waals surface area contributed by atoms with Gasteiger partial charge in [0.2, 0.25) is 0 Å². The van der Waals surface area contributed by atoms with Crippen molar-refractivity contribution in [2.75, 3.05) is 0 Å². The van der Waals surface area contributed by atoms with Crippen LogP contribution in [0.15, 0.2) is 22.9 Å². The second-order valence-electron chi connectivity index (χ2n) is 4.31. The summed E-state index contributed by atoms with van der Waals surface area (Å²) in [4.78, 5) is 16.0. The van der Waals surface area contributed by atoms with E-state index in [1.165, 1.54) is 6.42 Å². The Kier molecular flexibility index (Phi) is 3.28. The van der Waals surface area contributed by atoms with Crippen LogP contribution in [0, 0.1) is 0 Å². The quantitative estimate of drug-likeness (QED) is 0.867. The molecule has 1 aromatic rings. The highest BCUT2D eigenvalue weighted by Gasteiger charge is 2.36. The Morgan fingerprint density at radius 2 is 2.38 bits per heavy atom. The van der Waals surface area contributed by atoms with E-state index in [-0.39, 0.29) is 11.4 Å². The van der Waals surface area contributed by atoms with E-state index in [9.17, 15) is 4.79 Å². The third-order valence-corrected chi connectivity index (χ3v) is 3.79. The molecule has 0 spiro atoms. The molecule has 1 aliphatic carbocycles. The number of nitrogens with one attached hydrogen (secondary N) is 1. The first-order valence-electron chi connectivity index (χ1n) is 5.59. The van der Waals surface area contributed by atoms with Gasteiger partial charge >= 0.3 is 0 Å². The summed E-state index contributed by atoms with van der Waals surface area (Å²) in [6.07, 6.45) is 6.06. The van der Waals surface area contributed by atoms with E-state index in [0.29, 0.717) is 10.2 Å². The second kappa shape index (κ2) is 4.53. The molecule has 1 fully saturated rings. The lowest BCUT2D eigenvalue weighted by atomic mass is 9.74. The number of halogens is 1. The molecule has 0 radical (unpaired) electrons. The molecule has 2 rings (SSSR count). The van der Waals surface area contributed by atoms with E-state index in [1.807, 2.05) is 0 Å². The number of rotatable bonds is 3. The van der Waals surface area contributed by atoms with E-state index in [4.69, 9.17) is 0 Å². The van der Waals surface area contributed by atoms with Crippen molar-refractivity contribution in [3.63, 3.8) is 0 Å². The number of carbonyl (C=O) groups excluding carboxylic acids is 1. The lowest BCUT2D eigenvalue weighted by Crippen LogP contribution is -2.52. The van der Waals surface area contributed by atoms with Crippen LogP contribution in [0.2, 0.25) is 0 Å². The summed E-state index contributed by atoms with van der Waals surface area (Å²) in [6, 6.07) is 3.49. The van der Waals surface area contributed by atoms with E-state index in [1.54, 1.807) is 18.3 Å². The van der Waals surface area contributed by atoms with E-state index < -0.39 is 0 Å². The summed E-state index contributed by atoms with van der Waals surface area (Å²) in [5.41, 5.74) is 0.717. The maximum Gasteiger partial charge on any atom is 0.251 e. The SMILES string of the molecule is CCC1(NC(=O)c2ccnc(Br)c2)CCC1. The molecule has 4 heteroatoms. The molecule has 0 unspecified atom stereocenters. The first-order chi connectivity index (χ1) is 7.65. The van der Waals surface area contributed by atoms with E-state index in [0.717, 1.165) is 19.3 Å². The zero-order valence-corrected chi connectivity index (χ0v) is 10.9. The molecule has 86 valence electrons. The normalized spacial score (nSPS) is 17.6. The summed E-state index contributed by atoms with van der Waals surface area (Å²) in [5.74, 6) is 0.00431. The fourth-order valence-corrected chi connectivity index (χ4v) is 2.39. The number of nitrogens with zero attached hydrogens (tertiary/aromatic N) is 1. The van der Waals surface area contributed by atoms with Gasteiger partial charge < -0.3 is 5.32 Å². The zero-order valence-electron chi connectivity index (χ0n) is 9.29. The van der Waals surface area contributed by atoms with Gasteiger partial charge in [0.25, 0.3) is 5.91 Å². The molecule has 1 heterocycles. The van der Waals surface area contributed by atoms with Crippen molar-refractivity contribution in [3.8, 4) is 0 Å². The Labute approximate surface area is 104 Å². The molecule has 16 heavy (non-hydrogen) atoms. The Morgan fingerprint density at radius 3 is 2.88 bits per heavy atom. The van der Waals surface area contributed by atoms with Crippen LogP contribution in [0.3, 0.4) is 0 Å². The molecule has 1 saturated carbocycles. The number of hydrogen-bond donors (Lipinski definition) is 1. The van der Waals surface area contributed by atoms with Gasteiger partial charge in [-0.15, -0.1) is 0 Å². The molecule has 0 bridgehead atoms. The highest BCUT2D eigenvalue weighted by atomic mass is 79.9. The number of amides is 1. The molecule has 0 atom stereocenters. The maximum atomic E-state index is 12.0. The Hall–Kier alpha value is -0.900. The smallest absolute Gasteiger partial charge is 0.251 e. The molecule has 1 amide bonds. The van der Waals surface area contributed by atoms with Gasteiger partial charge in [-0.05, 0) is 53.7 Å². The first-order valence-corrected chi connectivity index (χ1v) is 6.39. The van der Waals surface area contributed by atoms with Gasteiger partial charge in [0.15, 0.2) is 0 Å². The van der Waals surface area contributed by atoms with Gasteiger partial charge in [-0.1, -0.05) is 6.92 Å². The average Bonchev–Trinajstić information content (AvgIpc) is 2.23. The third-order valence-electron chi connectivity index (χ3n) is 3.35. The van der Waals surface area contributed by atoms with Crippen molar-refractivity contribution in [2.45, 2.75) is 38.1 Å². The van der Waals surface area contributed by atoms with Crippen LogP contribution in [0.5, 0.6) is 0 Å². The maximum absolute atomic E-state index is 12.0. The highest BCUT2D eigenvalue weighted by Crippen LogP contribution is 2.34. The monoisotopic (exact) mass is 282 g/mol. The number of hydrogen-bond acceptors (Lipinski definition) is 2. The zero-order chi connectivity index (χ0) is 11.6. The molecule has 0 aromatic carbocycles. The van der Waals surface area contributed by atoms with Crippen LogP contribution in [-0.4, -0.2) is 16.4 Å². The van der Waals surface area contributed by atoms with Crippen LogP contribution in [-0.2, 0) is 0 Å². The van der Waals surface area contributed by atoms with Crippen molar-refractivity contribution < 1.29 is 4.79 Å². The second-order valence-corrected chi connectivity index (χ2v) is 5.12. The van der Waals surface area contributed by atoms with Gasteiger partial charge in [0.1, 0.15) is 4.60 Å². The summed E-state index contributed by atoms with van der Waals surface area (Å²) in [6.45, 7) is 2.13. The predicted molar refractivity (Wildman–Crippen MR) is 66.3 cm³/mol. The topological polar surface area (TPSA) is 42.0 Å². The van der Waals surface area contributed by atoms with Crippen molar-refractivity contribution in [1.29, 1.82) is 0 Å². The summed E-state index contributed by atoms with van der Waals surface area (Å²) >= 11 is 3.27. The number of pyridine rings is 1. The number of carbonyl (C=O) groups is 1. The fraction of sp³-hybridized carbons (Fsp3) is 0.500. The fourth-order valence-electron chi connectivity index (χ4n) is 2.03. The molecule has 3 nitrogen and oxygen atoms in total. The molecule has 1 N–H and O–H groups in total. The summed E-state index contributed by atoms with van der Waals surface area (Å²) in [7, 11) is 0. The van der Waals surface area contributed by atoms with E-state index >= 15 is 0 Å². The molecule has 1 aromatic heterocycles. The standard InChI is InChI=1S/C12H15BrN2O/c1-2-12(5-3-6-12)15-11(16)9-4-7-14-10(13)8-9/h4,7-8H,2-3,5-6H2,1H3,(H,15,16). The van der Waals surface area contributed by atoms with Crippen molar-refractivity contribution in [3.05, 3.63) is 28.5 Å². The molecule has 1 aliphatic rings. The Balaban J connectivity index is 2.08. The Morgan fingerprint density at radius 1 is 1.62 bits per heavy atom. The average molecular weight is 283 g/mol. The first kappa shape index (κ1) is 11.6. The van der Waals surface area contributed by atoms with Gasteiger partial charge in [0.05, 0.1) is 0 Å². The van der Waals surface area contributed by atoms with Crippen LogP contribution in [0.1, 0.15) is 43.0 Å². The minimum Gasteiger partial charge on any atom is -0.347 e. The lowest BCUT2D eigenvalue weighted by Gasteiger charge is -2.42. The lowest BCUT2D eigenvalue weighted by molar-refractivity contribution is 0.0820. The largest absolute Gasteiger partial charge is 0.347 e. The molecule has 0 saturated heterocycles. The minimum atomic E-state index is 0.00431. The van der Waals surface area contributed by atoms with Crippen molar-refractivity contribution >= 4 is 21.8 Å². The van der Waals surface area contributed by atoms with Crippen LogP contribution < -0.4 is 5.32 Å². The predicted octanol–water partition coefficient (Wildman–Crippen LogP) is 2.91. The van der Waals surface area contributed by atoms with Crippen molar-refractivity contribution in [2.24, 2.45) is 0 Å².